The summed E-state index contributed by atoms with van der Waals surface area (Å²) in [4.78, 5) is 6.67. The monoisotopic (exact) mass is 238 g/mol. The Bertz CT molecular complexity index is 336. The van der Waals surface area contributed by atoms with Crippen LogP contribution in [-0.4, -0.2) is 18.1 Å². The molecule has 1 heterocycles. The standard InChI is InChI=1S/C13H19ClN2/c1-10-4-3-5-12(8-10)16(2)13-7-6-11(14)9-15-13/h6-7,9-10,12H,3-5,8H2,1-2H3. The maximum absolute atomic E-state index is 5.84. The Hall–Kier alpha value is -0.760. The Morgan fingerprint density at radius 1 is 1.38 bits per heavy atom. The van der Waals surface area contributed by atoms with Crippen molar-refractivity contribution in [1.29, 1.82) is 0 Å². The van der Waals surface area contributed by atoms with E-state index in [1.165, 1.54) is 25.7 Å². The molecular formula is C13H19ClN2. The van der Waals surface area contributed by atoms with Crippen LogP contribution in [0.25, 0.3) is 0 Å². The molecule has 1 aliphatic carbocycles. The molecule has 1 fully saturated rings. The van der Waals surface area contributed by atoms with Crippen molar-refractivity contribution in [3.63, 3.8) is 0 Å². The molecule has 0 saturated heterocycles. The highest BCUT2D eigenvalue weighted by atomic mass is 35.5. The van der Waals surface area contributed by atoms with Crippen LogP contribution in [0, 0.1) is 5.92 Å². The molecule has 0 amide bonds. The summed E-state index contributed by atoms with van der Waals surface area (Å²) in [6.07, 6.45) is 6.99. The molecular weight excluding hydrogens is 220 g/mol. The van der Waals surface area contributed by atoms with Crippen LogP contribution in [-0.2, 0) is 0 Å². The predicted molar refractivity (Wildman–Crippen MR) is 69.1 cm³/mol. The lowest BCUT2D eigenvalue weighted by molar-refractivity contribution is 0.335. The van der Waals surface area contributed by atoms with E-state index in [1.54, 1.807) is 6.20 Å². The summed E-state index contributed by atoms with van der Waals surface area (Å²) in [6.45, 7) is 2.34. The molecule has 3 heteroatoms. The van der Waals surface area contributed by atoms with Gasteiger partial charge < -0.3 is 4.90 Å². The van der Waals surface area contributed by atoms with Gasteiger partial charge in [0.2, 0.25) is 0 Å². The Morgan fingerprint density at radius 3 is 2.81 bits per heavy atom. The quantitative estimate of drug-likeness (QED) is 0.780. The molecule has 1 saturated carbocycles. The number of pyridine rings is 1. The van der Waals surface area contributed by atoms with Gasteiger partial charge >= 0.3 is 0 Å². The fraction of sp³-hybridized carbons (Fsp3) is 0.615. The van der Waals surface area contributed by atoms with Gasteiger partial charge in [0.15, 0.2) is 0 Å². The van der Waals surface area contributed by atoms with E-state index in [2.05, 4.69) is 23.9 Å². The van der Waals surface area contributed by atoms with Crippen molar-refractivity contribution in [1.82, 2.24) is 4.98 Å². The van der Waals surface area contributed by atoms with Gasteiger partial charge in [0, 0.05) is 19.3 Å². The lowest BCUT2D eigenvalue weighted by Gasteiger charge is -2.34. The maximum Gasteiger partial charge on any atom is 0.128 e. The lowest BCUT2D eigenvalue weighted by Crippen LogP contribution is -2.35. The summed E-state index contributed by atoms with van der Waals surface area (Å²) in [5.41, 5.74) is 0. The van der Waals surface area contributed by atoms with Crippen LogP contribution < -0.4 is 4.90 Å². The second-order valence-electron chi connectivity index (χ2n) is 4.87. The second-order valence-corrected chi connectivity index (χ2v) is 5.31. The van der Waals surface area contributed by atoms with Crippen molar-refractivity contribution in [2.24, 2.45) is 5.92 Å². The molecule has 0 aromatic carbocycles. The van der Waals surface area contributed by atoms with Gasteiger partial charge in [-0.3, -0.25) is 0 Å². The Labute approximate surface area is 103 Å². The van der Waals surface area contributed by atoms with Crippen LogP contribution in [0.15, 0.2) is 18.3 Å². The van der Waals surface area contributed by atoms with Crippen LogP contribution >= 0.6 is 11.6 Å². The van der Waals surface area contributed by atoms with Crippen LogP contribution in [0.4, 0.5) is 5.82 Å². The van der Waals surface area contributed by atoms with Crippen molar-refractivity contribution >= 4 is 17.4 Å². The van der Waals surface area contributed by atoms with Gasteiger partial charge in [0.25, 0.3) is 0 Å². The normalized spacial score (nSPS) is 25.4. The van der Waals surface area contributed by atoms with Crippen LogP contribution in [0.2, 0.25) is 5.02 Å². The number of nitrogens with zero attached hydrogens (tertiary/aromatic N) is 2. The van der Waals surface area contributed by atoms with Crippen molar-refractivity contribution in [2.45, 2.75) is 38.6 Å². The average molecular weight is 239 g/mol. The minimum absolute atomic E-state index is 0.637. The SMILES string of the molecule is CC1CCCC(N(C)c2ccc(Cl)cn2)C1. The fourth-order valence-corrected chi connectivity index (χ4v) is 2.63. The van der Waals surface area contributed by atoms with Crippen molar-refractivity contribution in [2.75, 3.05) is 11.9 Å². The number of rotatable bonds is 2. The molecule has 2 nitrogen and oxygen atoms in total. The number of hydrogen-bond donors (Lipinski definition) is 0. The summed E-state index contributed by atoms with van der Waals surface area (Å²) >= 11 is 5.84. The molecule has 0 aliphatic heterocycles. The van der Waals surface area contributed by atoms with Gasteiger partial charge in [0.1, 0.15) is 5.82 Å². The first-order valence-electron chi connectivity index (χ1n) is 6.01. The first-order chi connectivity index (χ1) is 7.66. The first kappa shape index (κ1) is 11.7. The third kappa shape index (κ3) is 2.67. The van der Waals surface area contributed by atoms with Crippen molar-refractivity contribution in [3.05, 3.63) is 23.4 Å². The smallest absolute Gasteiger partial charge is 0.128 e. The van der Waals surface area contributed by atoms with E-state index in [4.69, 9.17) is 11.6 Å². The zero-order valence-electron chi connectivity index (χ0n) is 9.99. The second kappa shape index (κ2) is 5.05. The predicted octanol–water partition coefficient (Wildman–Crippen LogP) is 3.75. The summed E-state index contributed by atoms with van der Waals surface area (Å²) in [5, 5.41) is 0.703. The first-order valence-corrected chi connectivity index (χ1v) is 6.39. The number of halogens is 1. The van der Waals surface area contributed by atoms with Crippen molar-refractivity contribution in [3.8, 4) is 0 Å². The third-order valence-corrected chi connectivity index (χ3v) is 3.75. The van der Waals surface area contributed by atoms with E-state index in [1.807, 2.05) is 12.1 Å². The van der Waals surface area contributed by atoms with Gasteiger partial charge in [0.05, 0.1) is 5.02 Å². The number of aromatic nitrogens is 1. The number of anilines is 1. The molecule has 0 spiro atoms. The van der Waals surface area contributed by atoms with E-state index in [0.717, 1.165) is 11.7 Å². The number of hydrogen-bond acceptors (Lipinski definition) is 2. The maximum atomic E-state index is 5.84. The topological polar surface area (TPSA) is 16.1 Å². The molecule has 0 bridgehead atoms. The Balaban J connectivity index is 2.06. The Kier molecular flexibility index (Phi) is 3.70. The molecule has 16 heavy (non-hydrogen) atoms. The molecule has 88 valence electrons. The molecule has 1 aromatic heterocycles. The highest BCUT2D eigenvalue weighted by Gasteiger charge is 2.22. The minimum Gasteiger partial charge on any atom is -0.357 e. The molecule has 2 rings (SSSR count). The van der Waals surface area contributed by atoms with E-state index in [-0.39, 0.29) is 0 Å². The third-order valence-electron chi connectivity index (χ3n) is 3.53. The molecule has 2 unspecified atom stereocenters. The molecule has 0 N–H and O–H groups in total. The van der Waals surface area contributed by atoms with Gasteiger partial charge in [-0.25, -0.2) is 4.98 Å². The molecule has 0 radical (unpaired) electrons. The zero-order chi connectivity index (χ0) is 11.5. The largest absolute Gasteiger partial charge is 0.357 e. The van der Waals surface area contributed by atoms with Gasteiger partial charge in [-0.05, 0) is 30.9 Å². The van der Waals surface area contributed by atoms with E-state index in [0.29, 0.717) is 11.1 Å². The van der Waals surface area contributed by atoms with Crippen molar-refractivity contribution < 1.29 is 0 Å². The summed E-state index contributed by atoms with van der Waals surface area (Å²) in [7, 11) is 2.14. The van der Waals surface area contributed by atoms with Gasteiger partial charge in [-0.1, -0.05) is 31.4 Å². The summed E-state index contributed by atoms with van der Waals surface area (Å²) < 4.78 is 0. The molecule has 1 aromatic rings. The highest BCUT2D eigenvalue weighted by molar-refractivity contribution is 6.30. The van der Waals surface area contributed by atoms with Crippen LogP contribution in [0.3, 0.4) is 0 Å². The van der Waals surface area contributed by atoms with Gasteiger partial charge in [-0.2, -0.15) is 0 Å². The van der Waals surface area contributed by atoms with Crippen LogP contribution in [0.1, 0.15) is 32.6 Å². The van der Waals surface area contributed by atoms with E-state index >= 15 is 0 Å². The summed E-state index contributed by atoms with van der Waals surface area (Å²) in [5.74, 6) is 1.87. The van der Waals surface area contributed by atoms with E-state index in [9.17, 15) is 0 Å². The zero-order valence-corrected chi connectivity index (χ0v) is 10.7. The molecule has 2 atom stereocenters. The van der Waals surface area contributed by atoms with E-state index < -0.39 is 0 Å². The molecule has 1 aliphatic rings. The average Bonchev–Trinajstić information content (AvgIpc) is 2.29. The lowest BCUT2D eigenvalue weighted by atomic mass is 9.86. The van der Waals surface area contributed by atoms with Gasteiger partial charge in [-0.15, -0.1) is 0 Å². The fourth-order valence-electron chi connectivity index (χ4n) is 2.52. The summed E-state index contributed by atoms with van der Waals surface area (Å²) in [6, 6.07) is 4.55. The Morgan fingerprint density at radius 2 is 2.19 bits per heavy atom. The van der Waals surface area contributed by atoms with Crippen LogP contribution in [0.5, 0.6) is 0 Å². The highest BCUT2D eigenvalue weighted by Crippen LogP contribution is 2.28. The minimum atomic E-state index is 0.637.